The molecule has 0 aliphatic carbocycles. The molecule has 1 N–H and O–H groups in total. The molecule has 6 heteroatoms. The number of hydrogen-bond acceptors (Lipinski definition) is 5. The van der Waals surface area contributed by atoms with E-state index in [9.17, 15) is 9.18 Å². The fourth-order valence-corrected chi connectivity index (χ4v) is 2.48. The molecular formula is C19H17FN2O3. The third-order valence-corrected chi connectivity index (χ3v) is 3.63. The minimum Gasteiger partial charge on any atom is -0.494 e. The molecule has 0 amide bonds. The van der Waals surface area contributed by atoms with Crippen molar-refractivity contribution in [1.29, 1.82) is 0 Å². The highest BCUT2D eigenvalue weighted by Gasteiger charge is 2.15. The van der Waals surface area contributed by atoms with Crippen LogP contribution in [0.4, 0.5) is 15.8 Å². The summed E-state index contributed by atoms with van der Waals surface area (Å²) in [6.45, 7) is 2.50. The van der Waals surface area contributed by atoms with Gasteiger partial charge in [-0.3, -0.25) is 0 Å². The van der Waals surface area contributed by atoms with E-state index in [1.165, 1.54) is 13.2 Å². The SMILES string of the molecule is CCOc1ccc(Nc2cc(C(=O)OC)nc3c(F)cccc23)cc1. The molecule has 0 atom stereocenters. The molecule has 0 saturated heterocycles. The smallest absolute Gasteiger partial charge is 0.356 e. The third kappa shape index (κ3) is 3.52. The van der Waals surface area contributed by atoms with Crippen LogP contribution in [0.2, 0.25) is 0 Å². The molecule has 0 aliphatic rings. The summed E-state index contributed by atoms with van der Waals surface area (Å²) < 4.78 is 24.2. The summed E-state index contributed by atoms with van der Waals surface area (Å²) in [5.74, 6) is -0.369. The van der Waals surface area contributed by atoms with Gasteiger partial charge in [0.25, 0.3) is 0 Å². The van der Waals surface area contributed by atoms with Gasteiger partial charge in [-0.15, -0.1) is 0 Å². The van der Waals surface area contributed by atoms with Gasteiger partial charge in [0.15, 0.2) is 5.69 Å². The first-order valence-corrected chi connectivity index (χ1v) is 7.80. The van der Waals surface area contributed by atoms with E-state index in [0.717, 1.165) is 11.4 Å². The number of pyridine rings is 1. The fraction of sp³-hybridized carbons (Fsp3) is 0.158. The number of nitrogens with one attached hydrogen (secondary N) is 1. The Bertz CT molecular complexity index is 910. The van der Waals surface area contributed by atoms with Crippen molar-refractivity contribution in [2.24, 2.45) is 0 Å². The molecule has 128 valence electrons. The van der Waals surface area contributed by atoms with Gasteiger partial charge in [-0.25, -0.2) is 14.2 Å². The Morgan fingerprint density at radius 3 is 2.64 bits per heavy atom. The molecule has 2 aromatic carbocycles. The molecule has 0 bridgehead atoms. The summed E-state index contributed by atoms with van der Waals surface area (Å²) in [4.78, 5) is 15.9. The van der Waals surface area contributed by atoms with Crippen LogP contribution in [0.25, 0.3) is 10.9 Å². The molecule has 0 fully saturated rings. The third-order valence-electron chi connectivity index (χ3n) is 3.63. The van der Waals surface area contributed by atoms with Gasteiger partial charge in [-0.05, 0) is 43.3 Å². The molecule has 0 spiro atoms. The first-order chi connectivity index (χ1) is 12.1. The summed E-state index contributed by atoms with van der Waals surface area (Å²) >= 11 is 0. The van der Waals surface area contributed by atoms with Crippen molar-refractivity contribution < 1.29 is 18.7 Å². The number of methoxy groups -OCH3 is 1. The predicted octanol–water partition coefficient (Wildman–Crippen LogP) is 4.30. The van der Waals surface area contributed by atoms with E-state index in [0.29, 0.717) is 17.7 Å². The van der Waals surface area contributed by atoms with E-state index in [1.54, 1.807) is 18.2 Å². The number of anilines is 2. The van der Waals surface area contributed by atoms with Crippen LogP contribution in [0.3, 0.4) is 0 Å². The maximum atomic E-state index is 14.1. The topological polar surface area (TPSA) is 60.5 Å². The van der Waals surface area contributed by atoms with Crippen molar-refractivity contribution in [3.63, 3.8) is 0 Å². The minimum atomic E-state index is -0.625. The van der Waals surface area contributed by atoms with Crippen molar-refractivity contribution in [2.75, 3.05) is 19.0 Å². The number of carbonyl (C=O) groups is 1. The average Bonchev–Trinajstić information content (AvgIpc) is 2.63. The molecule has 1 aromatic heterocycles. The summed E-state index contributed by atoms with van der Waals surface area (Å²) in [7, 11) is 1.26. The number of para-hydroxylation sites is 1. The van der Waals surface area contributed by atoms with Gasteiger partial charge in [0, 0.05) is 11.1 Å². The van der Waals surface area contributed by atoms with Crippen molar-refractivity contribution in [3.05, 3.63) is 60.0 Å². The van der Waals surface area contributed by atoms with Crippen LogP contribution in [0.15, 0.2) is 48.5 Å². The van der Waals surface area contributed by atoms with Crippen LogP contribution < -0.4 is 10.1 Å². The number of esters is 1. The van der Waals surface area contributed by atoms with Gasteiger partial charge < -0.3 is 14.8 Å². The highest BCUT2D eigenvalue weighted by atomic mass is 19.1. The molecule has 5 nitrogen and oxygen atoms in total. The molecule has 1 heterocycles. The van der Waals surface area contributed by atoms with E-state index in [1.807, 2.05) is 31.2 Å². The number of carbonyl (C=O) groups excluding carboxylic acids is 1. The van der Waals surface area contributed by atoms with E-state index in [2.05, 4.69) is 10.3 Å². The molecule has 0 aliphatic heterocycles. The molecule has 0 radical (unpaired) electrons. The van der Waals surface area contributed by atoms with Crippen molar-refractivity contribution in [3.8, 4) is 5.75 Å². The zero-order chi connectivity index (χ0) is 17.8. The molecule has 3 aromatic rings. The number of ether oxygens (including phenoxy) is 2. The first kappa shape index (κ1) is 16.7. The molecule has 0 unspecified atom stereocenters. The number of aromatic nitrogens is 1. The summed E-state index contributed by atoms with van der Waals surface area (Å²) in [6, 6.07) is 13.5. The minimum absolute atomic E-state index is 0.0357. The Morgan fingerprint density at radius 2 is 1.96 bits per heavy atom. The Labute approximate surface area is 144 Å². The van der Waals surface area contributed by atoms with Crippen molar-refractivity contribution in [1.82, 2.24) is 4.98 Å². The monoisotopic (exact) mass is 340 g/mol. The lowest BCUT2D eigenvalue weighted by atomic mass is 10.1. The quantitative estimate of drug-likeness (QED) is 0.702. The van der Waals surface area contributed by atoms with Gasteiger partial charge in [0.05, 0.1) is 19.4 Å². The lowest BCUT2D eigenvalue weighted by molar-refractivity contribution is 0.0594. The Morgan fingerprint density at radius 1 is 1.20 bits per heavy atom. The van der Waals surface area contributed by atoms with Crippen molar-refractivity contribution >= 4 is 28.2 Å². The van der Waals surface area contributed by atoms with Crippen LogP contribution >= 0.6 is 0 Å². The van der Waals surface area contributed by atoms with Crippen LogP contribution in [-0.4, -0.2) is 24.7 Å². The summed E-state index contributed by atoms with van der Waals surface area (Å²) in [5.41, 5.74) is 1.48. The molecule has 3 rings (SSSR count). The second kappa shape index (κ2) is 7.17. The van der Waals surface area contributed by atoms with Crippen LogP contribution in [0, 0.1) is 5.82 Å². The maximum Gasteiger partial charge on any atom is 0.356 e. The Hall–Kier alpha value is -3.15. The zero-order valence-corrected chi connectivity index (χ0v) is 13.9. The Balaban J connectivity index is 2.04. The van der Waals surface area contributed by atoms with Gasteiger partial charge >= 0.3 is 5.97 Å². The fourth-order valence-electron chi connectivity index (χ4n) is 2.48. The number of nitrogens with zero attached hydrogens (tertiary/aromatic N) is 1. The maximum absolute atomic E-state index is 14.1. The number of rotatable bonds is 5. The second-order valence-corrected chi connectivity index (χ2v) is 5.27. The largest absolute Gasteiger partial charge is 0.494 e. The van der Waals surface area contributed by atoms with Crippen LogP contribution in [0.5, 0.6) is 5.75 Å². The molecule has 25 heavy (non-hydrogen) atoms. The lowest BCUT2D eigenvalue weighted by Crippen LogP contribution is -2.06. The normalized spacial score (nSPS) is 10.5. The zero-order valence-electron chi connectivity index (χ0n) is 13.9. The average molecular weight is 340 g/mol. The standard InChI is InChI=1S/C19H17FN2O3/c1-3-25-13-9-7-12(8-10-13)21-16-11-17(19(23)24-2)22-18-14(16)5-4-6-15(18)20/h4-11H,3H2,1-2H3,(H,21,22). The predicted molar refractivity (Wildman–Crippen MR) is 93.9 cm³/mol. The van der Waals surface area contributed by atoms with Gasteiger partial charge in [0.2, 0.25) is 0 Å². The number of halogens is 1. The van der Waals surface area contributed by atoms with E-state index >= 15 is 0 Å². The summed E-state index contributed by atoms with van der Waals surface area (Å²) in [5, 5.41) is 3.76. The van der Waals surface area contributed by atoms with E-state index in [-0.39, 0.29) is 11.2 Å². The van der Waals surface area contributed by atoms with Gasteiger partial charge in [-0.1, -0.05) is 12.1 Å². The highest BCUT2D eigenvalue weighted by Crippen LogP contribution is 2.29. The molecule has 0 saturated carbocycles. The lowest BCUT2D eigenvalue weighted by Gasteiger charge is -2.12. The van der Waals surface area contributed by atoms with Crippen molar-refractivity contribution in [2.45, 2.75) is 6.92 Å². The number of fused-ring (bicyclic) bond motifs is 1. The number of hydrogen-bond donors (Lipinski definition) is 1. The van der Waals surface area contributed by atoms with Gasteiger partial charge in [-0.2, -0.15) is 0 Å². The highest BCUT2D eigenvalue weighted by molar-refractivity contribution is 5.99. The van der Waals surface area contributed by atoms with Gasteiger partial charge in [0.1, 0.15) is 17.1 Å². The summed E-state index contributed by atoms with van der Waals surface area (Å²) in [6.07, 6.45) is 0. The van der Waals surface area contributed by atoms with E-state index in [4.69, 9.17) is 9.47 Å². The van der Waals surface area contributed by atoms with E-state index < -0.39 is 11.8 Å². The Kier molecular flexibility index (Phi) is 4.79. The first-order valence-electron chi connectivity index (χ1n) is 7.80. The number of benzene rings is 2. The van der Waals surface area contributed by atoms with Crippen LogP contribution in [-0.2, 0) is 4.74 Å². The second-order valence-electron chi connectivity index (χ2n) is 5.27. The van der Waals surface area contributed by atoms with Crippen LogP contribution in [0.1, 0.15) is 17.4 Å². The molecular weight excluding hydrogens is 323 g/mol.